The summed E-state index contributed by atoms with van der Waals surface area (Å²) in [5.41, 5.74) is -0.888. The molecule has 1 N–H and O–H groups in total. The first kappa shape index (κ1) is 17.2. The number of amides is 1. The maximum Gasteiger partial charge on any atom is 0.418 e. The molecule has 8 heteroatoms. The number of non-ortho nitro benzene ring substituents is 1. The molecule has 0 unspecified atom stereocenters. The van der Waals surface area contributed by atoms with E-state index in [1.807, 2.05) is 0 Å². The van der Waals surface area contributed by atoms with Gasteiger partial charge in [-0.2, -0.15) is 13.2 Å². The molecule has 24 heavy (non-hydrogen) atoms. The molecule has 2 aromatic rings. The van der Waals surface area contributed by atoms with Gasteiger partial charge in [0, 0.05) is 18.2 Å². The summed E-state index contributed by atoms with van der Waals surface area (Å²) in [7, 11) is 0. The number of hydrogen-bond donors (Lipinski definition) is 1. The molecule has 0 radical (unpaired) electrons. The van der Waals surface area contributed by atoms with Gasteiger partial charge in [-0.15, -0.1) is 0 Å². The summed E-state index contributed by atoms with van der Waals surface area (Å²) in [6.07, 6.45) is -2.18. The zero-order valence-electron chi connectivity index (χ0n) is 12.1. The lowest BCUT2D eigenvalue weighted by molar-refractivity contribution is -0.384. The number of alkyl halides is 3. The van der Waals surface area contributed by atoms with Gasteiger partial charge >= 0.3 is 6.18 Å². The number of anilines is 1. The van der Waals surface area contributed by atoms with Crippen LogP contribution in [0.3, 0.4) is 0 Å². The SMILES string of the molecule is O=C(C=Cc1ccc([N+](=O)[O-])cc1)Nc1ccccc1C(F)(F)F. The summed E-state index contributed by atoms with van der Waals surface area (Å²) in [6.45, 7) is 0. The third-order valence-electron chi connectivity index (χ3n) is 3.02. The highest BCUT2D eigenvalue weighted by molar-refractivity contribution is 6.02. The van der Waals surface area contributed by atoms with Crippen LogP contribution in [0.25, 0.3) is 6.08 Å². The highest BCUT2D eigenvalue weighted by atomic mass is 19.4. The van der Waals surface area contributed by atoms with Gasteiger partial charge in [0.15, 0.2) is 0 Å². The van der Waals surface area contributed by atoms with Crippen molar-refractivity contribution in [3.05, 3.63) is 75.8 Å². The predicted molar refractivity (Wildman–Crippen MR) is 82.2 cm³/mol. The van der Waals surface area contributed by atoms with Crippen molar-refractivity contribution >= 4 is 23.4 Å². The molecule has 0 saturated carbocycles. The summed E-state index contributed by atoms with van der Waals surface area (Å²) in [6, 6.07) is 10.00. The first-order chi connectivity index (χ1) is 11.3. The smallest absolute Gasteiger partial charge is 0.322 e. The third-order valence-corrected chi connectivity index (χ3v) is 3.02. The standard InChI is InChI=1S/C16H11F3N2O3/c17-16(18,19)13-3-1-2-4-14(13)20-15(22)10-7-11-5-8-12(9-6-11)21(23)24/h1-10H,(H,20,22). The van der Waals surface area contributed by atoms with Crippen LogP contribution in [-0.4, -0.2) is 10.8 Å². The van der Waals surface area contributed by atoms with Crippen molar-refractivity contribution in [1.29, 1.82) is 0 Å². The lowest BCUT2D eigenvalue weighted by Crippen LogP contribution is -2.14. The monoisotopic (exact) mass is 336 g/mol. The average molecular weight is 336 g/mol. The molecule has 0 aliphatic heterocycles. The van der Waals surface area contributed by atoms with Gasteiger partial charge < -0.3 is 5.32 Å². The molecule has 0 fully saturated rings. The normalized spacial score (nSPS) is 11.5. The second-order valence-corrected chi connectivity index (χ2v) is 4.71. The molecule has 2 rings (SSSR count). The van der Waals surface area contributed by atoms with Gasteiger partial charge in [-0.3, -0.25) is 14.9 Å². The average Bonchev–Trinajstić information content (AvgIpc) is 2.53. The quantitative estimate of drug-likeness (QED) is 0.515. The van der Waals surface area contributed by atoms with Crippen molar-refractivity contribution < 1.29 is 22.9 Å². The van der Waals surface area contributed by atoms with Crippen molar-refractivity contribution in [2.75, 3.05) is 5.32 Å². The van der Waals surface area contributed by atoms with Crippen molar-refractivity contribution in [2.45, 2.75) is 6.18 Å². The minimum Gasteiger partial charge on any atom is -0.322 e. The number of carbonyl (C=O) groups is 1. The Morgan fingerprint density at radius 3 is 2.29 bits per heavy atom. The third kappa shape index (κ3) is 4.42. The topological polar surface area (TPSA) is 72.2 Å². The molecule has 0 aliphatic carbocycles. The van der Waals surface area contributed by atoms with Crippen LogP contribution in [0.1, 0.15) is 11.1 Å². The maximum absolute atomic E-state index is 12.8. The van der Waals surface area contributed by atoms with Crippen molar-refractivity contribution in [2.24, 2.45) is 0 Å². The van der Waals surface area contributed by atoms with Crippen LogP contribution in [0.5, 0.6) is 0 Å². The highest BCUT2D eigenvalue weighted by Gasteiger charge is 2.33. The number of rotatable bonds is 4. The lowest BCUT2D eigenvalue weighted by Gasteiger charge is -2.12. The van der Waals surface area contributed by atoms with Gasteiger partial charge in [0.25, 0.3) is 5.69 Å². The van der Waals surface area contributed by atoms with E-state index < -0.39 is 22.6 Å². The second kappa shape index (κ2) is 6.95. The number of halogens is 3. The van der Waals surface area contributed by atoms with E-state index in [1.54, 1.807) is 0 Å². The Morgan fingerprint density at radius 1 is 1.08 bits per heavy atom. The number of nitrogens with one attached hydrogen (secondary N) is 1. The molecular formula is C16H11F3N2O3. The van der Waals surface area contributed by atoms with E-state index >= 15 is 0 Å². The Morgan fingerprint density at radius 2 is 1.71 bits per heavy atom. The second-order valence-electron chi connectivity index (χ2n) is 4.71. The van der Waals surface area contributed by atoms with Crippen LogP contribution in [0.2, 0.25) is 0 Å². The molecule has 5 nitrogen and oxygen atoms in total. The molecule has 0 aliphatic rings. The van der Waals surface area contributed by atoms with Crippen LogP contribution in [0.4, 0.5) is 24.5 Å². The molecule has 0 heterocycles. The molecule has 0 atom stereocenters. The van der Waals surface area contributed by atoms with E-state index in [4.69, 9.17) is 0 Å². The number of nitrogens with zero attached hydrogens (tertiary/aromatic N) is 1. The van der Waals surface area contributed by atoms with Crippen molar-refractivity contribution in [3.63, 3.8) is 0 Å². The molecule has 0 bridgehead atoms. The first-order valence-electron chi connectivity index (χ1n) is 6.67. The fourth-order valence-electron chi connectivity index (χ4n) is 1.89. The number of benzene rings is 2. The Bertz CT molecular complexity index is 784. The summed E-state index contributed by atoms with van der Waals surface area (Å²) in [4.78, 5) is 21.7. The number of hydrogen-bond acceptors (Lipinski definition) is 3. The van der Waals surface area contributed by atoms with Gasteiger partial charge in [0.1, 0.15) is 0 Å². The number of nitro groups is 1. The van der Waals surface area contributed by atoms with Crippen LogP contribution >= 0.6 is 0 Å². The molecular weight excluding hydrogens is 325 g/mol. The van der Waals surface area contributed by atoms with Crippen LogP contribution in [0.15, 0.2) is 54.6 Å². The minimum atomic E-state index is -4.58. The minimum absolute atomic E-state index is 0.101. The van der Waals surface area contributed by atoms with Gasteiger partial charge in [-0.25, -0.2) is 0 Å². The molecule has 0 saturated heterocycles. The zero-order chi connectivity index (χ0) is 17.7. The van der Waals surface area contributed by atoms with Gasteiger partial charge in [-0.1, -0.05) is 12.1 Å². The Hall–Kier alpha value is -3.16. The van der Waals surface area contributed by atoms with Gasteiger partial charge in [-0.05, 0) is 35.9 Å². The number of nitro benzene ring substituents is 1. The zero-order valence-corrected chi connectivity index (χ0v) is 12.1. The Labute approximate surface area is 134 Å². The molecule has 124 valence electrons. The van der Waals surface area contributed by atoms with E-state index in [1.165, 1.54) is 42.5 Å². The molecule has 0 spiro atoms. The van der Waals surface area contributed by atoms with Crippen LogP contribution < -0.4 is 5.32 Å². The Kier molecular flexibility index (Phi) is 4.98. The predicted octanol–water partition coefficient (Wildman–Crippen LogP) is 4.27. The lowest BCUT2D eigenvalue weighted by atomic mass is 10.1. The van der Waals surface area contributed by atoms with E-state index in [0.717, 1.165) is 18.2 Å². The molecule has 0 aromatic heterocycles. The van der Waals surface area contributed by atoms with Crippen LogP contribution in [-0.2, 0) is 11.0 Å². The maximum atomic E-state index is 12.8. The van der Waals surface area contributed by atoms with E-state index in [9.17, 15) is 28.1 Å². The van der Waals surface area contributed by atoms with E-state index in [2.05, 4.69) is 5.32 Å². The van der Waals surface area contributed by atoms with Crippen molar-refractivity contribution in [3.8, 4) is 0 Å². The van der Waals surface area contributed by atoms with Gasteiger partial charge in [0.2, 0.25) is 5.91 Å². The summed E-state index contributed by atoms with van der Waals surface area (Å²) < 4.78 is 38.5. The number of carbonyl (C=O) groups excluding carboxylic acids is 1. The summed E-state index contributed by atoms with van der Waals surface area (Å²) >= 11 is 0. The van der Waals surface area contributed by atoms with E-state index in [0.29, 0.717) is 5.56 Å². The fourth-order valence-corrected chi connectivity index (χ4v) is 1.89. The fraction of sp³-hybridized carbons (Fsp3) is 0.0625. The molecule has 1 amide bonds. The first-order valence-corrected chi connectivity index (χ1v) is 6.67. The van der Waals surface area contributed by atoms with Gasteiger partial charge in [0.05, 0.1) is 16.2 Å². The largest absolute Gasteiger partial charge is 0.418 e. The summed E-state index contributed by atoms with van der Waals surface area (Å²) in [5, 5.41) is 12.7. The van der Waals surface area contributed by atoms with E-state index in [-0.39, 0.29) is 11.4 Å². The van der Waals surface area contributed by atoms with Crippen LogP contribution in [0, 0.1) is 10.1 Å². The number of para-hydroxylation sites is 1. The highest BCUT2D eigenvalue weighted by Crippen LogP contribution is 2.34. The Balaban J connectivity index is 2.10. The molecule has 2 aromatic carbocycles. The summed E-state index contributed by atoms with van der Waals surface area (Å²) in [5.74, 6) is -0.745. The van der Waals surface area contributed by atoms with Crippen molar-refractivity contribution in [1.82, 2.24) is 0 Å².